The van der Waals surface area contributed by atoms with Crippen LogP contribution in [0.15, 0.2) is 24.3 Å². The molecule has 0 atom stereocenters. The second-order valence-corrected chi connectivity index (χ2v) is 3.61. The van der Waals surface area contributed by atoms with Crippen molar-refractivity contribution in [3.8, 4) is 17.5 Å². The lowest BCUT2D eigenvalue weighted by Crippen LogP contribution is -1.81. The van der Waals surface area contributed by atoms with Crippen LogP contribution < -0.4 is 0 Å². The molecule has 0 fully saturated rings. The molecule has 1 N–H and O–H groups in total. The average molecular weight is 218 g/mol. The van der Waals surface area contributed by atoms with E-state index in [-0.39, 0.29) is 10.8 Å². The van der Waals surface area contributed by atoms with Gasteiger partial charge in [0, 0.05) is 5.56 Å². The molecule has 0 spiro atoms. The minimum absolute atomic E-state index is 0.230. The highest BCUT2D eigenvalue weighted by Crippen LogP contribution is 2.21. The number of benzene rings is 1. The molecular formula is C11H8ClN3. The van der Waals surface area contributed by atoms with E-state index in [2.05, 4.69) is 9.97 Å². The Morgan fingerprint density at radius 1 is 1.47 bits per heavy atom. The summed E-state index contributed by atoms with van der Waals surface area (Å²) >= 11 is 5.79. The van der Waals surface area contributed by atoms with E-state index < -0.39 is 0 Å². The van der Waals surface area contributed by atoms with Crippen molar-refractivity contribution in [3.05, 3.63) is 40.7 Å². The van der Waals surface area contributed by atoms with E-state index in [1.165, 1.54) is 0 Å². The quantitative estimate of drug-likeness (QED) is 0.799. The largest absolute Gasteiger partial charge is 0.328 e. The van der Waals surface area contributed by atoms with E-state index in [0.717, 1.165) is 11.1 Å². The predicted octanol–water partition coefficient (Wildman–Crippen LogP) is 2.91. The molecule has 0 saturated heterocycles. The molecule has 3 nitrogen and oxygen atoms in total. The fraction of sp³-hybridized carbons (Fsp3) is 0.0909. The Hall–Kier alpha value is -1.79. The number of nitriles is 1. The van der Waals surface area contributed by atoms with Gasteiger partial charge in [-0.1, -0.05) is 35.4 Å². The minimum Gasteiger partial charge on any atom is -0.328 e. The van der Waals surface area contributed by atoms with Gasteiger partial charge in [0.15, 0.2) is 5.69 Å². The molecule has 0 bridgehead atoms. The Labute approximate surface area is 92.3 Å². The van der Waals surface area contributed by atoms with Gasteiger partial charge in [0.2, 0.25) is 0 Å². The van der Waals surface area contributed by atoms with Crippen LogP contribution in [0.1, 0.15) is 11.3 Å². The van der Waals surface area contributed by atoms with Gasteiger partial charge in [0.25, 0.3) is 0 Å². The number of halogens is 1. The van der Waals surface area contributed by atoms with Gasteiger partial charge < -0.3 is 4.98 Å². The van der Waals surface area contributed by atoms with Crippen molar-refractivity contribution >= 4 is 11.6 Å². The second-order valence-electron chi connectivity index (χ2n) is 3.23. The van der Waals surface area contributed by atoms with Crippen molar-refractivity contribution in [2.24, 2.45) is 0 Å². The Morgan fingerprint density at radius 2 is 2.27 bits per heavy atom. The predicted molar refractivity (Wildman–Crippen MR) is 58.5 cm³/mol. The van der Waals surface area contributed by atoms with Crippen LogP contribution in [0.5, 0.6) is 0 Å². The van der Waals surface area contributed by atoms with E-state index in [0.29, 0.717) is 5.82 Å². The minimum atomic E-state index is 0.230. The van der Waals surface area contributed by atoms with Gasteiger partial charge in [-0.3, -0.25) is 0 Å². The molecule has 1 heterocycles. The number of hydrogen-bond donors (Lipinski definition) is 1. The molecule has 0 aliphatic carbocycles. The molecule has 4 heteroatoms. The molecule has 1 aromatic heterocycles. The summed E-state index contributed by atoms with van der Waals surface area (Å²) in [6.07, 6.45) is 0. The summed E-state index contributed by atoms with van der Waals surface area (Å²) < 4.78 is 0. The van der Waals surface area contributed by atoms with Crippen molar-refractivity contribution in [2.75, 3.05) is 0 Å². The fourth-order valence-electron chi connectivity index (χ4n) is 1.36. The number of hydrogen-bond acceptors (Lipinski definition) is 2. The molecule has 0 unspecified atom stereocenters. The van der Waals surface area contributed by atoms with Crippen LogP contribution in [0.4, 0.5) is 0 Å². The zero-order valence-electron chi connectivity index (χ0n) is 8.08. The highest BCUT2D eigenvalue weighted by atomic mass is 35.5. The number of imidazole rings is 1. The first-order chi connectivity index (χ1) is 7.20. The molecule has 2 aromatic rings. The van der Waals surface area contributed by atoms with Gasteiger partial charge in [-0.15, -0.1) is 0 Å². The first-order valence-corrected chi connectivity index (χ1v) is 4.81. The van der Waals surface area contributed by atoms with E-state index in [9.17, 15) is 0 Å². The highest BCUT2D eigenvalue weighted by Gasteiger charge is 2.08. The van der Waals surface area contributed by atoms with Crippen LogP contribution in [0.25, 0.3) is 11.4 Å². The second kappa shape index (κ2) is 3.76. The van der Waals surface area contributed by atoms with E-state index in [1.807, 2.05) is 37.3 Å². The van der Waals surface area contributed by atoms with Gasteiger partial charge in [-0.2, -0.15) is 5.26 Å². The molecular weight excluding hydrogens is 210 g/mol. The number of nitrogens with zero attached hydrogens (tertiary/aromatic N) is 2. The fourth-order valence-corrected chi connectivity index (χ4v) is 1.53. The van der Waals surface area contributed by atoms with Gasteiger partial charge >= 0.3 is 0 Å². The van der Waals surface area contributed by atoms with Crippen molar-refractivity contribution in [3.63, 3.8) is 0 Å². The van der Waals surface area contributed by atoms with Crippen LogP contribution in [0.3, 0.4) is 0 Å². The number of aryl methyl sites for hydroxylation is 1. The van der Waals surface area contributed by atoms with Crippen LogP contribution >= 0.6 is 11.6 Å². The lowest BCUT2D eigenvalue weighted by Gasteiger charge is -1.97. The third-order valence-electron chi connectivity index (χ3n) is 2.06. The van der Waals surface area contributed by atoms with Crippen LogP contribution in [-0.2, 0) is 0 Å². The Balaban J connectivity index is 2.51. The van der Waals surface area contributed by atoms with E-state index >= 15 is 0 Å². The topological polar surface area (TPSA) is 52.5 Å². The molecule has 0 aliphatic heterocycles. The number of H-pyrrole nitrogens is 1. The maximum absolute atomic E-state index is 8.72. The zero-order valence-corrected chi connectivity index (χ0v) is 8.84. The zero-order chi connectivity index (χ0) is 10.8. The Bertz CT molecular complexity index is 537. The summed E-state index contributed by atoms with van der Waals surface area (Å²) in [7, 11) is 0. The standard InChI is InChI=1S/C11H8ClN3/c1-7-3-2-4-8(5-7)11-14-9(6-13)10(12)15-11/h2-5H,1H3,(H,14,15). The average Bonchev–Trinajstić information content (AvgIpc) is 2.60. The molecule has 15 heavy (non-hydrogen) atoms. The van der Waals surface area contributed by atoms with Crippen molar-refractivity contribution in [2.45, 2.75) is 6.92 Å². The van der Waals surface area contributed by atoms with Crippen LogP contribution in [-0.4, -0.2) is 9.97 Å². The van der Waals surface area contributed by atoms with E-state index in [4.69, 9.17) is 16.9 Å². The van der Waals surface area contributed by atoms with Gasteiger partial charge in [-0.05, 0) is 13.0 Å². The SMILES string of the molecule is Cc1cccc(-c2nc(C#N)c(Cl)[nH]2)c1. The Kier molecular flexibility index (Phi) is 2.44. The summed E-state index contributed by atoms with van der Waals surface area (Å²) in [5.41, 5.74) is 2.30. The van der Waals surface area contributed by atoms with E-state index in [1.54, 1.807) is 0 Å². The van der Waals surface area contributed by atoms with Gasteiger partial charge in [-0.25, -0.2) is 4.98 Å². The molecule has 74 valence electrons. The summed E-state index contributed by atoms with van der Waals surface area (Å²) in [5.74, 6) is 0.625. The maximum Gasteiger partial charge on any atom is 0.178 e. The third kappa shape index (κ3) is 1.85. The molecule has 0 amide bonds. The number of rotatable bonds is 1. The van der Waals surface area contributed by atoms with Crippen LogP contribution in [0, 0.1) is 18.3 Å². The summed E-state index contributed by atoms with van der Waals surface area (Å²) in [4.78, 5) is 6.96. The van der Waals surface area contributed by atoms with Crippen molar-refractivity contribution < 1.29 is 0 Å². The molecule has 2 rings (SSSR count). The first-order valence-electron chi connectivity index (χ1n) is 4.43. The smallest absolute Gasteiger partial charge is 0.178 e. The van der Waals surface area contributed by atoms with Gasteiger partial charge in [0.1, 0.15) is 17.0 Å². The first kappa shape index (κ1) is 9.75. The van der Waals surface area contributed by atoms with Crippen LogP contribution in [0.2, 0.25) is 5.15 Å². The maximum atomic E-state index is 8.72. The Morgan fingerprint density at radius 3 is 2.87 bits per heavy atom. The monoisotopic (exact) mass is 217 g/mol. The number of aromatic nitrogens is 2. The summed E-state index contributed by atoms with van der Waals surface area (Å²) in [6.45, 7) is 2.00. The van der Waals surface area contributed by atoms with Crippen molar-refractivity contribution in [1.82, 2.24) is 9.97 Å². The van der Waals surface area contributed by atoms with Crippen molar-refractivity contribution in [1.29, 1.82) is 5.26 Å². The molecule has 0 saturated carbocycles. The highest BCUT2D eigenvalue weighted by molar-refractivity contribution is 6.30. The normalized spacial score (nSPS) is 9.93. The third-order valence-corrected chi connectivity index (χ3v) is 2.33. The number of aromatic amines is 1. The lowest BCUT2D eigenvalue weighted by atomic mass is 10.1. The molecule has 1 aromatic carbocycles. The number of nitrogens with one attached hydrogen (secondary N) is 1. The lowest BCUT2D eigenvalue weighted by molar-refractivity contribution is 1.28. The molecule has 0 aliphatic rings. The summed E-state index contributed by atoms with van der Waals surface area (Å²) in [6, 6.07) is 9.77. The van der Waals surface area contributed by atoms with Gasteiger partial charge in [0.05, 0.1) is 0 Å². The molecule has 0 radical (unpaired) electrons. The summed E-state index contributed by atoms with van der Waals surface area (Å²) in [5, 5.41) is 9.00.